The summed E-state index contributed by atoms with van der Waals surface area (Å²) in [5, 5.41) is 0. The topological polar surface area (TPSA) is 72.9 Å². The molecule has 1 atom stereocenters. The van der Waals surface area contributed by atoms with Gasteiger partial charge in [0.2, 0.25) is 0 Å². The zero-order valence-electron chi connectivity index (χ0n) is 10.2. The molecule has 1 amide bonds. The SMILES string of the molecule is CCCC(=O)N(OC1CCCCO1)S(C)(=O)=O. The predicted octanol–water partition coefficient (Wildman–Crippen LogP) is 1.03. The molecule has 0 saturated carbocycles. The van der Waals surface area contributed by atoms with Crippen molar-refractivity contribution in [3.63, 3.8) is 0 Å². The third-order valence-corrected chi connectivity index (χ3v) is 3.21. The van der Waals surface area contributed by atoms with Crippen LogP contribution in [-0.4, -0.2) is 37.9 Å². The number of carbonyl (C=O) groups excluding carboxylic acids is 1. The smallest absolute Gasteiger partial charge is 0.261 e. The van der Waals surface area contributed by atoms with Crippen molar-refractivity contribution in [3.05, 3.63) is 0 Å². The van der Waals surface area contributed by atoms with Gasteiger partial charge in [0, 0.05) is 19.4 Å². The fourth-order valence-electron chi connectivity index (χ4n) is 1.53. The summed E-state index contributed by atoms with van der Waals surface area (Å²) >= 11 is 0. The molecule has 0 aliphatic carbocycles. The van der Waals surface area contributed by atoms with Gasteiger partial charge in [-0.25, -0.2) is 13.3 Å². The molecule has 0 bridgehead atoms. The zero-order chi connectivity index (χ0) is 12.9. The van der Waals surface area contributed by atoms with Gasteiger partial charge >= 0.3 is 0 Å². The summed E-state index contributed by atoms with van der Waals surface area (Å²) in [5.74, 6) is -0.552. The summed E-state index contributed by atoms with van der Waals surface area (Å²) in [6.45, 7) is 2.33. The zero-order valence-corrected chi connectivity index (χ0v) is 11.0. The van der Waals surface area contributed by atoms with Gasteiger partial charge < -0.3 is 4.74 Å². The Morgan fingerprint density at radius 1 is 1.47 bits per heavy atom. The fourth-order valence-corrected chi connectivity index (χ4v) is 2.24. The van der Waals surface area contributed by atoms with E-state index in [1.165, 1.54) is 0 Å². The number of amides is 1. The minimum atomic E-state index is -3.70. The number of hydrogen-bond donors (Lipinski definition) is 0. The van der Waals surface area contributed by atoms with Gasteiger partial charge in [0.1, 0.15) is 0 Å². The first-order valence-electron chi connectivity index (χ1n) is 5.76. The van der Waals surface area contributed by atoms with Crippen molar-refractivity contribution >= 4 is 15.9 Å². The number of hydroxylamine groups is 1. The molecule has 1 unspecified atom stereocenters. The van der Waals surface area contributed by atoms with E-state index in [2.05, 4.69) is 0 Å². The Labute approximate surface area is 102 Å². The Morgan fingerprint density at radius 2 is 2.18 bits per heavy atom. The molecule has 0 spiro atoms. The van der Waals surface area contributed by atoms with Gasteiger partial charge in [-0.2, -0.15) is 0 Å². The van der Waals surface area contributed by atoms with Crippen LogP contribution in [0.3, 0.4) is 0 Å². The van der Waals surface area contributed by atoms with Crippen LogP contribution in [0.4, 0.5) is 0 Å². The summed E-state index contributed by atoms with van der Waals surface area (Å²) in [6, 6.07) is 0. The summed E-state index contributed by atoms with van der Waals surface area (Å²) in [4.78, 5) is 16.8. The maximum atomic E-state index is 11.6. The summed E-state index contributed by atoms with van der Waals surface area (Å²) in [7, 11) is -3.70. The van der Waals surface area contributed by atoms with E-state index < -0.39 is 22.2 Å². The summed E-state index contributed by atoms with van der Waals surface area (Å²) < 4.78 is 28.6. The molecule has 0 aromatic rings. The van der Waals surface area contributed by atoms with Crippen LogP contribution >= 0.6 is 0 Å². The van der Waals surface area contributed by atoms with Crippen molar-refractivity contribution in [2.75, 3.05) is 12.9 Å². The van der Waals surface area contributed by atoms with Gasteiger partial charge in [-0.3, -0.25) is 4.79 Å². The van der Waals surface area contributed by atoms with E-state index in [0.717, 1.165) is 19.1 Å². The number of ether oxygens (including phenoxy) is 1. The second-order valence-corrected chi connectivity index (χ2v) is 5.83. The molecule has 0 aromatic heterocycles. The van der Waals surface area contributed by atoms with E-state index in [9.17, 15) is 13.2 Å². The van der Waals surface area contributed by atoms with Crippen LogP contribution in [0, 0.1) is 0 Å². The van der Waals surface area contributed by atoms with E-state index in [1.54, 1.807) is 6.92 Å². The largest absolute Gasteiger partial charge is 0.350 e. The van der Waals surface area contributed by atoms with E-state index >= 15 is 0 Å². The van der Waals surface area contributed by atoms with Crippen LogP contribution in [0.15, 0.2) is 0 Å². The van der Waals surface area contributed by atoms with Gasteiger partial charge in [0.25, 0.3) is 15.9 Å². The molecular formula is C10H19NO5S. The lowest BCUT2D eigenvalue weighted by atomic mass is 10.2. The Morgan fingerprint density at radius 3 is 2.65 bits per heavy atom. The molecule has 1 aliphatic heterocycles. The molecule has 1 heterocycles. The van der Waals surface area contributed by atoms with Gasteiger partial charge in [0.15, 0.2) is 6.29 Å². The monoisotopic (exact) mass is 265 g/mol. The molecule has 1 rings (SSSR count). The molecule has 17 heavy (non-hydrogen) atoms. The van der Waals surface area contributed by atoms with Crippen LogP contribution in [0.5, 0.6) is 0 Å². The van der Waals surface area contributed by atoms with Gasteiger partial charge in [-0.05, 0) is 19.3 Å². The number of sulfonamides is 1. The third kappa shape index (κ3) is 4.61. The Balaban J connectivity index is 2.66. The number of hydrogen-bond acceptors (Lipinski definition) is 5. The average Bonchev–Trinajstić information content (AvgIpc) is 2.26. The highest BCUT2D eigenvalue weighted by molar-refractivity contribution is 7.88. The number of rotatable bonds is 5. The van der Waals surface area contributed by atoms with E-state index in [4.69, 9.17) is 9.57 Å². The highest BCUT2D eigenvalue weighted by atomic mass is 32.2. The van der Waals surface area contributed by atoms with Crippen molar-refractivity contribution < 1.29 is 22.8 Å². The van der Waals surface area contributed by atoms with Crippen LogP contribution < -0.4 is 0 Å². The molecule has 1 fully saturated rings. The van der Waals surface area contributed by atoms with E-state index in [0.29, 0.717) is 23.9 Å². The minimum Gasteiger partial charge on any atom is -0.350 e. The lowest BCUT2D eigenvalue weighted by Gasteiger charge is -2.27. The molecule has 100 valence electrons. The van der Waals surface area contributed by atoms with Crippen molar-refractivity contribution in [3.8, 4) is 0 Å². The average molecular weight is 265 g/mol. The first-order chi connectivity index (χ1) is 7.95. The quantitative estimate of drug-likeness (QED) is 0.694. The third-order valence-electron chi connectivity index (χ3n) is 2.32. The van der Waals surface area contributed by atoms with Crippen LogP contribution in [-0.2, 0) is 24.4 Å². The van der Waals surface area contributed by atoms with Crippen molar-refractivity contribution in [1.82, 2.24) is 4.47 Å². The van der Waals surface area contributed by atoms with Crippen molar-refractivity contribution in [1.29, 1.82) is 0 Å². The van der Waals surface area contributed by atoms with Crippen molar-refractivity contribution in [2.45, 2.75) is 45.3 Å². The predicted molar refractivity (Wildman–Crippen MR) is 61.3 cm³/mol. The minimum absolute atomic E-state index is 0.139. The highest BCUT2D eigenvalue weighted by Crippen LogP contribution is 2.17. The standard InChI is InChI=1S/C10H19NO5S/c1-3-6-9(12)11(17(2,13)14)16-10-7-4-5-8-15-10/h10H,3-8H2,1-2H3. The number of nitrogens with zero attached hydrogens (tertiary/aromatic N) is 1. The summed E-state index contributed by atoms with van der Waals surface area (Å²) in [6.07, 6.45) is 3.46. The maximum absolute atomic E-state index is 11.6. The maximum Gasteiger partial charge on any atom is 0.261 e. The number of carbonyl (C=O) groups is 1. The lowest BCUT2D eigenvalue weighted by Crippen LogP contribution is -2.40. The molecule has 7 heteroatoms. The second kappa shape index (κ2) is 6.32. The molecule has 1 aliphatic rings. The van der Waals surface area contributed by atoms with E-state index in [-0.39, 0.29) is 6.42 Å². The first kappa shape index (κ1) is 14.4. The van der Waals surface area contributed by atoms with Gasteiger partial charge in [0.05, 0.1) is 6.26 Å². The van der Waals surface area contributed by atoms with E-state index in [1.807, 2.05) is 0 Å². The molecule has 6 nitrogen and oxygen atoms in total. The first-order valence-corrected chi connectivity index (χ1v) is 7.61. The summed E-state index contributed by atoms with van der Waals surface area (Å²) in [5.41, 5.74) is 0. The Kier molecular flexibility index (Phi) is 5.35. The Hall–Kier alpha value is -0.660. The Bertz CT molecular complexity index is 348. The fraction of sp³-hybridized carbons (Fsp3) is 0.900. The molecule has 1 saturated heterocycles. The highest BCUT2D eigenvalue weighted by Gasteiger charge is 2.28. The van der Waals surface area contributed by atoms with Gasteiger partial charge in [-0.15, -0.1) is 4.47 Å². The molecule has 0 aromatic carbocycles. The lowest BCUT2D eigenvalue weighted by molar-refractivity contribution is -0.247. The normalized spacial score (nSPS) is 21.2. The van der Waals surface area contributed by atoms with Crippen LogP contribution in [0.1, 0.15) is 39.0 Å². The van der Waals surface area contributed by atoms with Gasteiger partial charge in [-0.1, -0.05) is 6.92 Å². The van der Waals surface area contributed by atoms with Crippen LogP contribution in [0.2, 0.25) is 0 Å². The second-order valence-electron chi connectivity index (χ2n) is 4.04. The molecular weight excluding hydrogens is 246 g/mol. The van der Waals surface area contributed by atoms with Crippen molar-refractivity contribution in [2.24, 2.45) is 0 Å². The van der Waals surface area contributed by atoms with Crippen LogP contribution in [0.25, 0.3) is 0 Å². The molecule has 0 radical (unpaired) electrons. The molecule has 0 N–H and O–H groups in total.